The molecule has 5 nitrogen and oxygen atoms in total. The highest BCUT2D eigenvalue weighted by molar-refractivity contribution is 5.97. The molecule has 1 aliphatic rings. The average molecular weight is 286 g/mol. The highest BCUT2D eigenvalue weighted by Gasteiger charge is 2.28. The number of urea groups is 1. The van der Waals surface area contributed by atoms with Crippen LogP contribution in [0.5, 0.6) is 0 Å². The molecule has 2 rings (SSSR count). The Labute approximate surface area is 124 Å². The first-order valence-electron chi connectivity index (χ1n) is 6.94. The van der Waals surface area contributed by atoms with Crippen molar-refractivity contribution in [1.29, 1.82) is 0 Å². The van der Waals surface area contributed by atoms with E-state index in [-0.39, 0.29) is 18.1 Å². The van der Waals surface area contributed by atoms with Gasteiger partial charge in [-0.25, -0.2) is 9.59 Å². The zero-order chi connectivity index (χ0) is 15.4. The molecule has 0 aliphatic carbocycles. The topological polar surface area (TPSA) is 60.9 Å². The second-order valence-corrected chi connectivity index (χ2v) is 4.96. The summed E-state index contributed by atoms with van der Waals surface area (Å²) in [6, 6.07) is 4.75. The number of nitrogens with zero attached hydrogens (tertiary/aromatic N) is 2. The molecule has 0 saturated heterocycles. The number of carbonyl (C=O) groups excluding carboxylic acids is 1. The van der Waals surface area contributed by atoms with Gasteiger partial charge in [0.25, 0.3) is 0 Å². The fraction of sp³-hybridized carbons (Fsp3) is 0.375. The maximum Gasteiger partial charge on any atom is 0.335 e. The van der Waals surface area contributed by atoms with E-state index in [0.717, 1.165) is 18.4 Å². The highest BCUT2D eigenvalue weighted by atomic mass is 16.4. The van der Waals surface area contributed by atoms with Crippen LogP contribution in [-0.4, -0.2) is 41.6 Å². The number of hydrogen-bond acceptors (Lipinski definition) is 2. The van der Waals surface area contributed by atoms with Crippen molar-refractivity contribution in [2.75, 3.05) is 24.5 Å². The van der Waals surface area contributed by atoms with Crippen LogP contribution in [0.25, 0.3) is 0 Å². The molecule has 1 heterocycles. The number of carboxylic acid groups (broad SMARTS) is 1. The molecule has 0 saturated carbocycles. The van der Waals surface area contributed by atoms with E-state index in [4.69, 9.17) is 11.5 Å². The number of anilines is 1. The van der Waals surface area contributed by atoms with E-state index in [1.54, 1.807) is 28.0 Å². The van der Waals surface area contributed by atoms with Crippen molar-refractivity contribution in [3.8, 4) is 12.3 Å². The summed E-state index contributed by atoms with van der Waals surface area (Å²) in [4.78, 5) is 26.9. The molecule has 0 aromatic heterocycles. The van der Waals surface area contributed by atoms with Crippen molar-refractivity contribution < 1.29 is 14.7 Å². The fourth-order valence-electron chi connectivity index (χ4n) is 2.50. The van der Waals surface area contributed by atoms with Gasteiger partial charge in [0.05, 0.1) is 12.1 Å². The van der Waals surface area contributed by atoms with Crippen molar-refractivity contribution in [3.05, 3.63) is 29.3 Å². The summed E-state index contributed by atoms with van der Waals surface area (Å²) in [5.74, 6) is 1.50. The number of aromatic carboxylic acids is 1. The van der Waals surface area contributed by atoms with Gasteiger partial charge in [0.2, 0.25) is 0 Å². The third kappa shape index (κ3) is 3.00. The van der Waals surface area contributed by atoms with Crippen molar-refractivity contribution in [2.24, 2.45) is 0 Å². The molecule has 0 spiro atoms. The molecule has 0 unspecified atom stereocenters. The van der Waals surface area contributed by atoms with Gasteiger partial charge in [-0.2, -0.15) is 0 Å². The van der Waals surface area contributed by atoms with Crippen LogP contribution in [-0.2, 0) is 6.42 Å². The molecule has 1 aromatic rings. The van der Waals surface area contributed by atoms with Gasteiger partial charge in [-0.1, -0.05) is 18.9 Å². The molecule has 0 radical (unpaired) electrons. The second-order valence-electron chi connectivity index (χ2n) is 4.96. The lowest BCUT2D eigenvalue weighted by molar-refractivity contribution is 0.0697. The van der Waals surface area contributed by atoms with E-state index in [2.05, 4.69) is 5.92 Å². The number of carboxylic acids is 1. The molecule has 0 bridgehead atoms. The van der Waals surface area contributed by atoms with E-state index in [9.17, 15) is 9.59 Å². The SMILES string of the molecule is C#CCN(CCC)C(=O)N1CCc2ccc(C(=O)O)cc21. The number of carbonyl (C=O) groups is 2. The summed E-state index contributed by atoms with van der Waals surface area (Å²) in [6.07, 6.45) is 6.87. The minimum atomic E-state index is -0.994. The minimum Gasteiger partial charge on any atom is -0.478 e. The van der Waals surface area contributed by atoms with Crippen LogP contribution in [0.2, 0.25) is 0 Å². The molecule has 1 aliphatic heterocycles. The van der Waals surface area contributed by atoms with Gasteiger partial charge in [-0.3, -0.25) is 4.90 Å². The van der Waals surface area contributed by atoms with Crippen molar-refractivity contribution >= 4 is 17.7 Å². The number of hydrogen-bond donors (Lipinski definition) is 1. The van der Waals surface area contributed by atoms with Crippen molar-refractivity contribution in [1.82, 2.24) is 4.90 Å². The average Bonchev–Trinajstić information content (AvgIpc) is 2.89. The largest absolute Gasteiger partial charge is 0.478 e. The molecule has 2 amide bonds. The summed E-state index contributed by atoms with van der Waals surface area (Å²) in [5, 5.41) is 9.08. The molecule has 21 heavy (non-hydrogen) atoms. The summed E-state index contributed by atoms with van der Waals surface area (Å²) in [7, 11) is 0. The van der Waals surface area contributed by atoms with Gasteiger partial charge < -0.3 is 10.0 Å². The Hall–Kier alpha value is -2.48. The van der Waals surface area contributed by atoms with Gasteiger partial charge in [0.15, 0.2) is 0 Å². The number of benzene rings is 1. The zero-order valence-electron chi connectivity index (χ0n) is 12.0. The summed E-state index contributed by atoms with van der Waals surface area (Å²) in [6.45, 7) is 3.39. The lowest BCUT2D eigenvalue weighted by atomic mass is 10.1. The normalized spacial score (nSPS) is 12.7. The standard InChI is InChI=1S/C16H18N2O3/c1-3-8-17(9-4-2)16(21)18-10-7-12-5-6-13(15(19)20)11-14(12)18/h1,5-6,11H,4,7-10H2,2H3,(H,19,20). The summed E-state index contributed by atoms with van der Waals surface area (Å²) >= 11 is 0. The summed E-state index contributed by atoms with van der Waals surface area (Å²) < 4.78 is 0. The van der Waals surface area contributed by atoms with Crippen LogP contribution in [0, 0.1) is 12.3 Å². The van der Waals surface area contributed by atoms with Crippen molar-refractivity contribution in [2.45, 2.75) is 19.8 Å². The van der Waals surface area contributed by atoms with Crippen LogP contribution in [0.4, 0.5) is 10.5 Å². The van der Waals surface area contributed by atoms with Gasteiger partial charge >= 0.3 is 12.0 Å². The van der Waals surface area contributed by atoms with E-state index >= 15 is 0 Å². The Kier molecular flexibility index (Phi) is 4.49. The van der Waals surface area contributed by atoms with E-state index < -0.39 is 5.97 Å². The number of terminal acetylenes is 1. The molecule has 1 aromatic carbocycles. The third-order valence-corrected chi connectivity index (χ3v) is 3.50. The maximum absolute atomic E-state index is 12.6. The van der Waals surface area contributed by atoms with Gasteiger partial charge in [-0.05, 0) is 30.5 Å². The van der Waals surface area contributed by atoms with Crippen LogP contribution in [0.15, 0.2) is 18.2 Å². The van der Waals surface area contributed by atoms with E-state index in [1.807, 2.05) is 6.92 Å². The molecule has 1 N–H and O–H groups in total. The minimum absolute atomic E-state index is 0.156. The van der Waals surface area contributed by atoms with Crippen LogP contribution in [0.3, 0.4) is 0 Å². The first-order valence-corrected chi connectivity index (χ1v) is 6.94. The Balaban J connectivity index is 2.28. The van der Waals surface area contributed by atoms with Crippen LogP contribution < -0.4 is 4.90 Å². The lowest BCUT2D eigenvalue weighted by Gasteiger charge is -2.26. The molecular formula is C16H18N2O3. The predicted octanol–water partition coefficient (Wildman–Crippen LogP) is 2.21. The summed E-state index contributed by atoms with van der Waals surface area (Å²) in [5.41, 5.74) is 1.86. The van der Waals surface area contributed by atoms with E-state index in [0.29, 0.717) is 18.8 Å². The molecule has 0 atom stereocenters. The molecule has 0 fully saturated rings. The van der Waals surface area contributed by atoms with Gasteiger partial charge in [-0.15, -0.1) is 6.42 Å². The first kappa shape index (κ1) is 14.9. The van der Waals surface area contributed by atoms with Crippen LogP contribution in [0.1, 0.15) is 29.3 Å². The fourth-order valence-corrected chi connectivity index (χ4v) is 2.50. The van der Waals surface area contributed by atoms with E-state index in [1.165, 1.54) is 0 Å². The van der Waals surface area contributed by atoms with Crippen LogP contribution >= 0.6 is 0 Å². The Morgan fingerprint density at radius 3 is 2.86 bits per heavy atom. The lowest BCUT2D eigenvalue weighted by Crippen LogP contribution is -2.43. The quantitative estimate of drug-likeness (QED) is 0.863. The Morgan fingerprint density at radius 2 is 2.24 bits per heavy atom. The number of rotatable bonds is 4. The maximum atomic E-state index is 12.6. The Morgan fingerprint density at radius 1 is 1.48 bits per heavy atom. The van der Waals surface area contributed by atoms with Gasteiger partial charge in [0, 0.05) is 18.8 Å². The van der Waals surface area contributed by atoms with Gasteiger partial charge in [0.1, 0.15) is 0 Å². The zero-order valence-corrected chi connectivity index (χ0v) is 12.0. The molecule has 110 valence electrons. The molecule has 5 heteroatoms. The smallest absolute Gasteiger partial charge is 0.335 e. The predicted molar refractivity (Wildman–Crippen MR) is 80.5 cm³/mol. The Bertz CT molecular complexity index is 604. The highest BCUT2D eigenvalue weighted by Crippen LogP contribution is 2.30. The van der Waals surface area contributed by atoms with Crippen molar-refractivity contribution in [3.63, 3.8) is 0 Å². The second kappa shape index (κ2) is 6.31. The number of amides is 2. The first-order chi connectivity index (χ1) is 10.1. The monoisotopic (exact) mass is 286 g/mol. The number of fused-ring (bicyclic) bond motifs is 1. The third-order valence-electron chi connectivity index (χ3n) is 3.50. The molecular weight excluding hydrogens is 268 g/mol.